The number of benzene rings is 2. The summed E-state index contributed by atoms with van der Waals surface area (Å²) in [5, 5.41) is 4.43. The fourth-order valence-electron chi connectivity index (χ4n) is 1.94. The highest BCUT2D eigenvalue weighted by atomic mass is 35.5. The van der Waals surface area contributed by atoms with Crippen LogP contribution in [0.1, 0.15) is 0 Å². The molecule has 0 saturated heterocycles. The first-order valence-corrected chi connectivity index (χ1v) is 7.58. The average Bonchev–Trinajstić information content (AvgIpc) is 2.51. The summed E-state index contributed by atoms with van der Waals surface area (Å²) >= 11 is 18.4. The molecule has 0 aliphatic heterocycles. The lowest BCUT2D eigenvalue weighted by molar-refractivity contribution is 1.17. The number of nitrogens with one attached hydrogen (secondary N) is 1. The van der Waals surface area contributed by atoms with E-state index in [1.807, 2.05) is 30.3 Å². The van der Waals surface area contributed by atoms with Crippen molar-refractivity contribution in [2.45, 2.75) is 0 Å². The molecule has 6 heteroatoms. The van der Waals surface area contributed by atoms with Crippen molar-refractivity contribution in [3.63, 3.8) is 0 Å². The monoisotopic (exact) mass is 349 g/mol. The van der Waals surface area contributed by atoms with E-state index in [0.29, 0.717) is 32.5 Å². The highest BCUT2D eigenvalue weighted by molar-refractivity contribution is 6.39. The maximum Gasteiger partial charge on any atom is 0.163 e. The molecule has 1 N–H and O–H groups in total. The first kappa shape index (κ1) is 15.1. The fraction of sp³-hybridized carbons (Fsp3) is 0. The molecular weight excluding hydrogens is 341 g/mol. The van der Waals surface area contributed by atoms with Gasteiger partial charge in [-0.05, 0) is 12.1 Å². The van der Waals surface area contributed by atoms with E-state index >= 15 is 0 Å². The molecule has 0 bridgehead atoms. The van der Waals surface area contributed by atoms with Crippen LogP contribution in [0.5, 0.6) is 0 Å². The summed E-state index contributed by atoms with van der Waals surface area (Å²) in [4.78, 5) is 8.70. The van der Waals surface area contributed by atoms with Crippen LogP contribution in [-0.2, 0) is 0 Å². The summed E-state index contributed by atoms with van der Waals surface area (Å²) in [5.74, 6) is 1.05. The summed E-state index contributed by atoms with van der Waals surface area (Å²) in [6.45, 7) is 0. The summed E-state index contributed by atoms with van der Waals surface area (Å²) in [6, 6.07) is 16.5. The van der Waals surface area contributed by atoms with Gasteiger partial charge in [-0.1, -0.05) is 71.2 Å². The second kappa shape index (κ2) is 6.53. The topological polar surface area (TPSA) is 37.8 Å². The maximum absolute atomic E-state index is 6.15. The number of hydrogen-bond donors (Lipinski definition) is 1. The molecule has 0 saturated carbocycles. The maximum atomic E-state index is 6.15. The lowest BCUT2D eigenvalue weighted by Crippen LogP contribution is -1.98. The van der Waals surface area contributed by atoms with Crippen molar-refractivity contribution < 1.29 is 0 Å². The zero-order valence-electron chi connectivity index (χ0n) is 11.2. The van der Waals surface area contributed by atoms with Crippen molar-refractivity contribution in [1.82, 2.24) is 9.97 Å². The lowest BCUT2D eigenvalue weighted by Gasteiger charge is -2.11. The average molecular weight is 351 g/mol. The third-order valence-corrected chi connectivity index (χ3v) is 3.77. The normalized spacial score (nSPS) is 10.5. The molecule has 0 aliphatic rings. The van der Waals surface area contributed by atoms with Crippen molar-refractivity contribution in [1.29, 1.82) is 0 Å². The van der Waals surface area contributed by atoms with Crippen molar-refractivity contribution in [2.24, 2.45) is 0 Å². The number of anilines is 2. The van der Waals surface area contributed by atoms with Crippen LogP contribution in [-0.4, -0.2) is 9.97 Å². The largest absolute Gasteiger partial charge is 0.338 e. The van der Waals surface area contributed by atoms with Crippen LogP contribution >= 0.6 is 34.8 Å². The van der Waals surface area contributed by atoms with E-state index < -0.39 is 0 Å². The molecule has 0 spiro atoms. The number of hydrogen-bond acceptors (Lipinski definition) is 3. The lowest BCUT2D eigenvalue weighted by atomic mass is 10.2. The van der Waals surface area contributed by atoms with Gasteiger partial charge in [0.1, 0.15) is 11.0 Å². The molecule has 1 heterocycles. The molecule has 3 aromatic rings. The standard InChI is InChI=1S/C16H10Cl3N3/c17-11-7-4-8-12(18)15(11)21-14-9-13(19)20-16(22-14)10-5-2-1-3-6-10/h1-9H,(H,20,21,22). The van der Waals surface area contributed by atoms with Crippen LogP contribution in [0.2, 0.25) is 15.2 Å². The van der Waals surface area contributed by atoms with E-state index in [9.17, 15) is 0 Å². The van der Waals surface area contributed by atoms with Gasteiger partial charge in [0.05, 0.1) is 15.7 Å². The molecule has 22 heavy (non-hydrogen) atoms. The molecule has 3 nitrogen and oxygen atoms in total. The van der Waals surface area contributed by atoms with Gasteiger partial charge in [0, 0.05) is 11.6 Å². The molecule has 0 radical (unpaired) electrons. The molecular formula is C16H10Cl3N3. The van der Waals surface area contributed by atoms with Crippen molar-refractivity contribution >= 4 is 46.3 Å². The summed E-state index contributed by atoms with van der Waals surface area (Å²) in [5.41, 5.74) is 1.46. The smallest absolute Gasteiger partial charge is 0.163 e. The Morgan fingerprint density at radius 1 is 0.773 bits per heavy atom. The number of nitrogens with zero attached hydrogens (tertiary/aromatic N) is 2. The van der Waals surface area contributed by atoms with E-state index in [1.165, 1.54) is 0 Å². The highest BCUT2D eigenvalue weighted by Gasteiger charge is 2.09. The minimum Gasteiger partial charge on any atom is -0.338 e. The van der Waals surface area contributed by atoms with Gasteiger partial charge < -0.3 is 5.32 Å². The van der Waals surface area contributed by atoms with Crippen LogP contribution in [0, 0.1) is 0 Å². The zero-order chi connectivity index (χ0) is 15.5. The molecule has 0 unspecified atom stereocenters. The third kappa shape index (κ3) is 3.33. The number of para-hydroxylation sites is 1. The van der Waals surface area contributed by atoms with Crippen molar-refractivity contribution in [3.05, 3.63) is 69.8 Å². The minimum atomic E-state index is 0.333. The van der Waals surface area contributed by atoms with E-state index in [2.05, 4.69) is 15.3 Å². The van der Waals surface area contributed by atoms with Gasteiger partial charge in [0.15, 0.2) is 5.82 Å². The van der Waals surface area contributed by atoms with Crippen LogP contribution < -0.4 is 5.32 Å². The number of aromatic nitrogens is 2. The molecule has 0 aliphatic carbocycles. The second-order valence-electron chi connectivity index (χ2n) is 4.49. The van der Waals surface area contributed by atoms with Crippen molar-refractivity contribution in [3.8, 4) is 11.4 Å². The molecule has 2 aromatic carbocycles. The molecule has 1 aromatic heterocycles. The first-order chi connectivity index (χ1) is 10.6. The highest BCUT2D eigenvalue weighted by Crippen LogP contribution is 2.32. The van der Waals surface area contributed by atoms with E-state index in [-0.39, 0.29) is 0 Å². The Balaban J connectivity index is 2.00. The van der Waals surface area contributed by atoms with E-state index in [0.717, 1.165) is 5.56 Å². The van der Waals surface area contributed by atoms with Crippen LogP contribution in [0.4, 0.5) is 11.5 Å². The minimum absolute atomic E-state index is 0.333. The molecule has 110 valence electrons. The Kier molecular flexibility index (Phi) is 4.48. The summed E-state index contributed by atoms with van der Waals surface area (Å²) in [6.07, 6.45) is 0. The summed E-state index contributed by atoms with van der Waals surface area (Å²) in [7, 11) is 0. The predicted octanol–water partition coefficient (Wildman–Crippen LogP) is 5.85. The van der Waals surface area contributed by atoms with Gasteiger partial charge in [-0.25, -0.2) is 9.97 Å². The van der Waals surface area contributed by atoms with Crippen molar-refractivity contribution in [2.75, 3.05) is 5.32 Å². The Morgan fingerprint density at radius 2 is 1.45 bits per heavy atom. The van der Waals surface area contributed by atoms with Gasteiger partial charge >= 0.3 is 0 Å². The van der Waals surface area contributed by atoms with Gasteiger partial charge in [0.25, 0.3) is 0 Å². The van der Waals surface area contributed by atoms with Crippen LogP contribution in [0.25, 0.3) is 11.4 Å². The number of rotatable bonds is 3. The third-order valence-electron chi connectivity index (χ3n) is 2.94. The van der Waals surface area contributed by atoms with Gasteiger partial charge in [-0.2, -0.15) is 0 Å². The molecule has 3 rings (SSSR count). The SMILES string of the molecule is Clc1cc(Nc2c(Cl)cccc2Cl)nc(-c2ccccc2)n1. The van der Waals surface area contributed by atoms with Crippen LogP contribution in [0.15, 0.2) is 54.6 Å². The van der Waals surface area contributed by atoms with E-state index in [1.54, 1.807) is 24.3 Å². The Labute approximate surface area is 142 Å². The van der Waals surface area contributed by atoms with Gasteiger partial charge in [0.2, 0.25) is 0 Å². The Bertz CT molecular complexity index is 787. The molecule has 0 amide bonds. The quantitative estimate of drug-likeness (QED) is 0.602. The Hall–Kier alpha value is -1.81. The zero-order valence-corrected chi connectivity index (χ0v) is 13.5. The van der Waals surface area contributed by atoms with Gasteiger partial charge in [-0.15, -0.1) is 0 Å². The first-order valence-electron chi connectivity index (χ1n) is 6.44. The molecule has 0 atom stereocenters. The second-order valence-corrected chi connectivity index (χ2v) is 5.69. The van der Waals surface area contributed by atoms with E-state index in [4.69, 9.17) is 34.8 Å². The Morgan fingerprint density at radius 3 is 2.14 bits per heavy atom. The molecule has 0 fully saturated rings. The fourth-order valence-corrected chi connectivity index (χ4v) is 2.62. The summed E-state index contributed by atoms with van der Waals surface area (Å²) < 4.78 is 0. The predicted molar refractivity (Wildman–Crippen MR) is 92.2 cm³/mol. The van der Waals surface area contributed by atoms with Gasteiger partial charge in [-0.3, -0.25) is 0 Å². The number of halogens is 3. The van der Waals surface area contributed by atoms with Crippen LogP contribution in [0.3, 0.4) is 0 Å².